The van der Waals surface area contributed by atoms with Crippen LogP contribution in [-0.4, -0.2) is 21.7 Å². The molecule has 8 heteroatoms. The molecule has 5 N–H and O–H groups in total. The number of aliphatic hydroxyl groups is 1. The summed E-state index contributed by atoms with van der Waals surface area (Å²) in [6, 6.07) is 6.70. The van der Waals surface area contributed by atoms with Crippen LogP contribution in [0.25, 0.3) is 0 Å². The first kappa shape index (κ1) is 27.0. The number of aliphatic hydroxyl groups excluding tert-OH is 1. The van der Waals surface area contributed by atoms with Crippen LogP contribution in [0.5, 0.6) is 0 Å². The fraction of sp³-hybridized carbons (Fsp3) is 0.444. The van der Waals surface area contributed by atoms with Crippen molar-refractivity contribution < 1.29 is 19.4 Å². The molecule has 6 nitrogen and oxygen atoms in total. The zero-order valence-electron chi connectivity index (χ0n) is 20.1. The Morgan fingerprint density at radius 1 is 1.00 bits per heavy atom. The number of hydrogen-bond acceptors (Lipinski definition) is 6. The van der Waals surface area contributed by atoms with E-state index >= 15 is 0 Å². The Kier molecular flexibility index (Phi) is 9.52. The van der Waals surface area contributed by atoms with Gasteiger partial charge in [-0.1, -0.05) is 94.2 Å². The molecule has 2 aliphatic rings. The molecule has 1 aromatic rings. The second kappa shape index (κ2) is 12.4. The number of ether oxygens (including phenoxy) is 1. The van der Waals surface area contributed by atoms with E-state index in [1.165, 1.54) is 32.1 Å². The van der Waals surface area contributed by atoms with Gasteiger partial charge in [0.05, 0.1) is 17.1 Å². The van der Waals surface area contributed by atoms with Crippen molar-refractivity contribution in [3.63, 3.8) is 0 Å². The molecule has 0 aromatic heterocycles. The summed E-state index contributed by atoms with van der Waals surface area (Å²) in [5, 5.41) is 11.3. The molecule has 1 heterocycles. The van der Waals surface area contributed by atoms with Gasteiger partial charge in [0.1, 0.15) is 4.99 Å². The molecule has 0 spiro atoms. The van der Waals surface area contributed by atoms with Gasteiger partial charge < -0.3 is 21.3 Å². The van der Waals surface area contributed by atoms with E-state index in [9.17, 15) is 14.7 Å². The molecule has 0 radical (unpaired) electrons. The van der Waals surface area contributed by atoms with Gasteiger partial charge in [0.25, 0.3) is 0 Å². The largest absolute Gasteiger partial charge is 0.504 e. The van der Waals surface area contributed by atoms with Crippen LogP contribution in [0.2, 0.25) is 5.02 Å². The number of benzene rings is 1. The third kappa shape index (κ3) is 6.14. The van der Waals surface area contributed by atoms with Crippen molar-refractivity contribution >= 4 is 40.4 Å². The number of unbranched alkanes of at least 4 members (excludes halogenated alkanes) is 8. The highest BCUT2D eigenvalue weighted by Gasteiger charge is 2.45. The van der Waals surface area contributed by atoms with Gasteiger partial charge in [-0.3, -0.25) is 9.59 Å². The van der Waals surface area contributed by atoms with Crippen molar-refractivity contribution in [2.45, 2.75) is 77.0 Å². The SMILES string of the molecule is CCCCCCCCCCCC1=C(O)C(=O)C2=C(OC(N)=C(C(N)=S)C2c2ccc(Cl)cc2)C1=O. The highest BCUT2D eigenvalue weighted by atomic mass is 35.5. The number of Topliss-reactive ketones (excluding diaryl/α,β-unsaturated/α-hetero) is 2. The topological polar surface area (TPSA) is 116 Å². The Balaban J connectivity index is 1.76. The van der Waals surface area contributed by atoms with Crippen LogP contribution >= 0.6 is 23.8 Å². The summed E-state index contributed by atoms with van der Waals surface area (Å²) in [7, 11) is 0. The summed E-state index contributed by atoms with van der Waals surface area (Å²) >= 11 is 11.2. The minimum Gasteiger partial charge on any atom is -0.504 e. The minimum atomic E-state index is -0.846. The Bertz CT molecular complexity index is 1090. The van der Waals surface area contributed by atoms with Crippen molar-refractivity contribution in [3.05, 3.63) is 69.0 Å². The molecule has 1 unspecified atom stereocenters. The van der Waals surface area contributed by atoms with Crippen molar-refractivity contribution in [2.75, 3.05) is 0 Å². The molecule has 1 aromatic carbocycles. The molecule has 3 rings (SSSR count). The van der Waals surface area contributed by atoms with Crippen molar-refractivity contribution in [1.29, 1.82) is 0 Å². The van der Waals surface area contributed by atoms with Crippen LogP contribution in [0.3, 0.4) is 0 Å². The molecule has 188 valence electrons. The van der Waals surface area contributed by atoms with Crippen molar-refractivity contribution in [2.24, 2.45) is 11.5 Å². The zero-order valence-corrected chi connectivity index (χ0v) is 21.6. The van der Waals surface area contributed by atoms with E-state index in [0.29, 0.717) is 23.4 Å². The number of carbonyl (C=O) groups is 2. The van der Waals surface area contributed by atoms with Crippen molar-refractivity contribution in [3.8, 4) is 0 Å². The average Bonchev–Trinajstić information content (AvgIpc) is 2.83. The Hall–Kier alpha value is -2.64. The first-order chi connectivity index (χ1) is 16.8. The summed E-state index contributed by atoms with van der Waals surface area (Å²) in [4.78, 5) is 26.6. The number of carbonyl (C=O) groups excluding carboxylic acids is 2. The quantitative estimate of drug-likeness (QED) is 0.176. The second-order valence-electron chi connectivity index (χ2n) is 9.04. The lowest BCUT2D eigenvalue weighted by Gasteiger charge is -2.32. The first-order valence-corrected chi connectivity index (χ1v) is 13.0. The summed E-state index contributed by atoms with van der Waals surface area (Å²) in [6.07, 6.45) is 10.3. The summed E-state index contributed by atoms with van der Waals surface area (Å²) in [5.41, 5.74) is 12.9. The lowest BCUT2D eigenvalue weighted by molar-refractivity contribution is -0.120. The van der Waals surface area contributed by atoms with Crippen LogP contribution in [0, 0.1) is 0 Å². The number of rotatable bonds is 12. The monoisotopic (exact) mass is 516 g/mol. The van der Waals surface area contributed by atoms with Gasteiger partial charge >= 0.3 is 0 Å². The standard InChI is InChI=1S/C27H33ClN2O4S/c1-2-3-4-5-6-7-8-9-10-11-18-22(31)24(33)20-19(16-12-14-17(28)15-13-16)21(27(30)35)26(29)34-25(20)23(18)32/h12-15,19,31H,2-11,29H2,1H3,(H2,30,35). The second-order valence-corrected chi connectivity index (χ2v) is 9.91. The fourth-order valence-electron chi connectivity index (χ4n) is 4.65. The molecule has 1 atom stereocenters. The number of hydrogen-bond donors (Lipinski definition) is 3. The van der Waals surface area contributed by atoms with Gasteiger partial charge in [-0.2, -0.15) is 0 Å². The lowest BCUT2D eigenvalue weighted by Crippen LogP contribution is -2.36. The number of allylic oxidation sites excluding steroid dienone is 2. The van der Waals surface area contributed by atoms with Gasteiger partial charge in [0.2, 0.25) is 11.6 Å². The molecule has 0 saturated heterocycles. The summed E-state index contributed by atoms with van der Waals surface area (Å²) in [6.45, 7) is 2.20. The van der Waals surface area contributed by atoms with Crippen LogP contribution in [0.1, 0.15) is 82.6 Å². The maximum Gasteiger partial charge on any atom is 0.228 e. The van der Waals surface area contributed by atoms with Crippen LogP contribution in [-0.2, 0) is 14.3 Å². The molecule has 1 aliphatic carbocycles. The third-order valence-corrected chi connectivity index (χ3v) is 7.00. The number of halogens is 1. The summed E-state index contributed by atoms with van der Waals surface area (Å²) in [5.74, 6) is -2.88. The lowest BCUT2D eigenvalue weighted by atomic mass is 9.76. The molecule has 0 saturated carbocycles. The van der Waals surface area contributed by atoms with Crippen LogP contribution in [0.15, 0.2) is 58.4 Å². The zero-order chi connectivity index (χ0) is 25.5. The highest BCUT2D eigenvalue weighted by molar-refractivity contribution is 7.80. The predicted molar refractivity (Wildman–Crippen MR) is 142 cm³/mol. The van der Waals surface area contributed by atoms with Gasteiger partial charge in [-0.05, 0) is 30.5 Å². The van der Waals surface area contributed by atoms with Gasteiger partial charge in [-0.15, -0.1) is 0 Å². The molecule has 35 heavy (non-hydrogen) atoms. The van der Waals surface area contributed by atoms with E-state index in [2.05, 4.69) is 6.92 Å². The maximum atomic E-state index is 13.3. The van der Waals surface area contributed by atoms with E-state index in [1.807, 2.05) is 0 Å². The van der Waals surface area contributed by atoms with Gasteiger partial charge in [-0.25, -0.2) is 0 Å². The number of nitrogens with two attached hydrogens (primary N) is 2. The van der Waals surface area contributed by atoms with Crippen molar-refractivity contribution in [1.82, 2.24) is 0 Å². The first-order valence-electron chi connectivity index (χ1n) is 12.3. The predicted octanol–water partition coefficient (Wildman–Crippen LogP) is 6.05. The maximum absolute atomic E-state index is 13.3. The van der Waals surface area contributed by atoms with Crippen LogP contribution < -0.4 is 11.5 Å². The van der Waals surface area contributed by atoms with E-state index < -0.39 is 23.2 Å². The molecule has 1 aliphatic heterocycles. The molecule has 0 amide bonds. The summed E-state index contributed by atoms with van der Waals surface area (Å²) < 4.78 is 5.62. The molecular formula is C27H33ClN2O4S. The van der Waals surface area contributed by atoms with E-state index in [4.69, 9.17) is 40.0 Å². The van der Waals surface area contributed by atoms with E-state index in [0.717, 1.165) is 19.3 Å². The Morgan fingerprint density at radius 2 is 1.57 bits per heavy atom. The minimum absolute atomic E-state index is 0.0114. The molecule has 0 bridgehead atoms. The third-order valence-electron chi connectivity index (χ3n) is 6.52. The van der Waals surface area contributed by atoms with Gasteiger partial charge in [0, 0.05) is 10.6 Å². The fourth-order valence-corrected chi connectivity index (χ4v) is 4.99. The molecular weight excluding hydrogens is 484 g/mol. The van der Waals surface area contributed by atoms with E-state index in [-0.39, 0.29) is 33.4 Å². The average molecular weight is 517 g/mol. The molecule has 0 fully saturated rings. The Labute approximate surface area is 217 Å². The van der Waals surface area contributed by atoms with E-state index in [1.54, 1.807) is 24.3 Å². The Morgan fingerprint density at radius 3 is 2.14 bits per heavy atom. The van der Waals surface area contributed by atoms with Crippen LogP contribution in [0.4, 0.5) is 0 Å². The normalized spacial score (nSPS) is 18.2. The van der Waals surface area contributed by atoms with Gasteiger partial charge in [0.15, 0.2) is 17.4 Å². The highest BCUT2D eigenvalue weighted by Crippen LogP contribution is 2.44. The number of thiocarbonyl (C=S) groups is 1. The smallest absolute Gasteiger partial charge is 0.228 e. The number of ketones is 2.